The average Bonchev–Trinajstić information content (AvgIpc) is 2.81. The number of hydrogen-bond acceptors (Lipinski definition) is 2. The van der Waals surface area contributed by atoms with Gasteiger partial charge in [0.15, 0.2) is 0 Å². The second-order valence-corrected chi connectivity index (χ2v) is 4.78. The third kappa shape index (κ3) is 2.16. The number of rotatable bonds is 2. The second-order valence-electron chi connectivity index (χ2n) is 4.78. The van der Waals surface area contributed by atoms with E-state index >= 15 is 0 Å². The molecule has 0 aliphatic heterocycles. The third-order valence-corrected chi connectivity index (χ3v) is 3.30. The van der Waals surface area contributed by atoms with Crippen molar-refractivity contribution in [2.24, 2.45) is 7.05 Å². The molecule has 20 heavy (non-hydrogen) atoms. The fourth-order valence-electron chi connectivity index (χ4n) is 2.30. The van der Waals surface area contributed by atoms with Crippen LogP contribution in [0.25, 0.3) is 10.9 Å². The zero-order chi connectivity index (χ0) is 14.1. The Labute approximate surface area is 117 Å². The number of carbonyl (C=O) groups excluding carboxylic acids is 1. The van der Waals surface area contributed by atoms with Gasteiger partial charge in [0, 0.05) is 35.4 Å². The minimum Gasteiger partial charge on any atom is -0.351 e. The summed E-state index contributed by atoms with van der Waals surface area (Å²) in [5, 5.41) is 3.79. The van der Waals surface area contributed by atoms with Gasteiger partial charge < -0.3 is 9.88 Å². The van der Waals surface area contributed by atoms with Gasteiger partial charge in [0.2, 0.25) is 0 Å². The average molecular weight is 265 g/mol. The van der Waals surface area contributed by atoms with Gasteiger partial charge in [0.25, 0.3) is 5.91 Å². The summed E-state index contributed by atoms with van der Waals surface area (Å²) in [6.07, 6.45) is 1.95. The number of anilines is 1. The lowest BCUT2D eigenvalue weighted by atomic mass is 10.1. The van der Waals surface area contributed by atoms with E-state index in [1.165, 1.54) is 0 Å². The zero-order valence-electron chi connectivity index (χ0n) is 11.4. The Morgan fingerprint density at radius 3 is 2.75 bits per heavy atom. The first kappa shape index (κ1) is 12.4. The smallest absolute Gasteiger partial charge is 0.257 e. The summed E-state index contributed by atoms with van der Waals surface area (Å²) in [7, 11) is 1.96. The lowest BCUT2D eigenvalue weighted by Gasteiger charge is -2.06. The van der Waals surface area contributed by atoms with Gasteiger partial charge in [-0.1, -0.05) is 12.1 Å². The SMILES string of the molecule is Cc1cccc(NC(=O)c2cccc3c2ccn3C)n1. The summed E-state index contributed by atoms with van der Waals surface area (Å²) in [6.45, 7) is 1.90. The molecule has 0 atom stereocenters. The number of nitrogens with zero attached hydrogens (tertiary/aromatic N) is 2. The summed E-state index contributed by atoms with van der Waals surface area (Å²) < 4.78 is 2.00. The quantitative estimate of drug-likeness (QED) is 0.773. The second kappa shape index (κ2) is 4.81. The largest absolute Gasteiger partial charge is 0.351 e. The number of carbonyl (C=O) groups is 1. The summed E-state index contributed by atoms with van der Waals surface area (Å²) in [6, 6.07) is 13.2. The highest BCUT2D eigenvalue weighted by molar-refractivity contribution is 6.12. The van der Waals surface area contributed by atoms with Crippen LogP contribution in [0.15, 0.2) is 48.7 Å². The maximum Gasteiger partial charge on any atom is 0.257 e. The number of aryl methyl sites for hydroxylation is 2. The first-order chi connectivity index (χ1) is 9.65. The molecule has 0 aliphatic rings. The summed E-state index contributed by atoms with van der Waals surface area (Å²) in [4.78, 5) is 16.7. The normalized spacial score (nSPS) is 10.7. The number of pyridine rings is 1. The molecule has 1 amide bonds. The molecule has 0 saturated carbocycles. The van der Waals surface area contributed by atoms with Gasteiger partial charge in [-0.3, -0.25) is 4.79 Å². The van der Waals surface area contributed by atoms with Crippen molar-refractivity contribution in [1.29, 1.82) is 0 Å². The van der Waals surface area contributed by atoms with E-state index in [2.05, 4.69) is 10.3 Å². The molecule has 3 aromatic rings. The van der Waals surface area contributed by atoms with E-state index in [1.54, 1.807) is 6.07 Å². The predicted octanol–water partition coefficient (Wildman–Crippen LogP) is 3.13. The zero-order valence-corrected chi connectivity index (χ0v) is 11.4. The van der Waals surface area contributed by atoms with Gasteiger partial charge in [0.1, 0.15) is 5.82 Å². The molecule has 0 unspecified atom stereocenters. The first-order valence-corrected chi connectivity index (χ1v) is 6.44. The Morgan fingerprint density at radius 1 is 1.15 bits per heavy atom. The van der Waals surface area contributed by atoms with Crippen molar-refractivity contribution in [3.8, 4) is 0 Å². The van der Waals surface area contributed by atoms with Gasteiger partial charge in [0.05, 0.1) is 0 Å². The topological polar surface area (TPSA) is 46.9 Å². The Bertz CT molecular complexity index is 789. The fourth-order valence-corrected chi connectivity index (χ4v) is 2.30. The molecule has 1 aromatic carbocycles. The molecule has 0 aliphatic carbocycles. The lowest BCUT2D eigenvalue weighted by molar-refractivity contribution is 0.102. The number of benzene rings is 1. The van der Waals surface area contributed by atoms with E-state index in [0.29, 0.717) is 11.4 Å². The highest BCUT2D eigenvalue weighted by Crippen LogP contribution is 2.20. The van der Waals surface area contributed by atoms with Crippen LogP contribution in [0.2, 0.25) is 0 Å². The van der Waals surface area contributed by atoms with Crippen molar-refractivity contribution in [3.05, 3.63) is 59.9 Å². The molecule has 0 saturated heterocycles. The van der Waals surface area contributed by atoms with Crippen molar-refractivity contribution in [2.75, 3.05) is 5.32 Å². The van der Waals surface area contributed by atoms with Crippen molar-refractivity contribution in [2.45, 2.75) is 6.92 Å². The first-order valence-electron chi connectivity index (χ1n) is 6.44. The van der Waals surface area contributed by atoms with Crippen molar-refractivity contribution in [3.63, 3.8) is 0 Å². The molecular formula is C16H15N3O. The Kier molecular flexibility index (Phi) is 2.99. The van der Waals surface area contributed by atoms with E-state index in [1.807, 2.05) is 61.1 Å². The molecule has 1 N–H and O–H groups in total. The fraction of sp³-hybridized carbons (Fsp3) is 0.125. The van der Waals surface area contributed by atoms with E-state index in [0.717, 1.165) is 16.6 Å². The molecule has 2 heterocycles. The van der Waals surface area contributed by atoms with Crippen molar-refractivity contribution in [1.82, 2.24) is 9.55 Å². The van der Waals surface area contributed by atoms with Crippen LogP contribution < -0.4 is 5.32 Å². The predicted molar refractivity (Wildman–Crippen MR) is 79.8 cm³/mol. The van der Waals surface area contributed by atoms with Crippen LogP contribution >= 0.6 is 0 Å². The van der Waals surface area contributed by atoms with Gasteiger partial charge in [-0.05, 0) is 37.3 Å². The molecule has 0 radical (unpaired) electrons. The standard InChI is InChI=1S/C16H15N3O/c1-11-5-3-8-15(17-11)18-16(20)13-6-4-7-14-12(13)9-10-19(14)2/h3-10H,1-2H3,(H,17,18,20). The molecule has 4 heteroatoms. The van der Waals surface area contributed by atoms with Crippen LogP contribution in [0, 0.1) is 6.92 Å². The van der Waals surface area contributed by atoms with Gasteiger partial charge in [-0.25, -0.2) is 4.98 Å². The monoisotopic (exact) mass is 265 g/mol. The molecule has 0 spiro atoms. The maximum atomic E-state index is 12.4. The van der Waals surface area contributed by atoms with Gasteiger partial charge in [-0.2, -0.15) is 0 Å². The summed E-state index contributed by atoms with van der Waals surface area (Å²) in [5.74, 6) is 0.433. The number of hydrogen-bond donors (Lipinski definition) is 1. The molecule has 100 valence electrons. The number of aromatic nitrogens is 2. The molecule has 2 aromatic heterocycles. The van der Waals surface area contributed by atoms with Crippen LogP contribution in [-0.4, -0.2) is 15.5 Å². The minimum absolute atomic E-state index is 0.139. The van der Waals surface area contributed by atoms with E-state index in [9.17, 15) is 4.79 Å². The highest BCUT2D eigenvalue weighted by atomic mass is 16.1. The highest BCUT2D eigenvalue weighted by Gasteiger charge is 2.12. The molecule has 3 rings (SSSR count). The summed E-state index contributed by atoms with van der Waals surface area (Å²) in [5.41, 5.74) is 2.57. The van der Waals surface area contributed by atoms with E-state index in [4.69, 9.17) is 0 Å². The Hall–Kier alpha value is -2.62. The van der Waals surface area contributed by atoms with Crippen LogP contribution in [0.3, 0.4) is 0 Å². The lowest BCUT2D eigenvalue weighted by Crippen LogP contribution is -2.13. The van der Waals surface area contributed by atoms with Gasteiger partial charge in [-0.15, -0.1) is 0 Å². The Balaban J connectivity index is 1.97. The molecular weight excluding hydrogens is 250 g/mol. The Morgan fingerprint density at radius 2 is 1.95 bits per heavy atom. The molecule has 0 bridgehead atoms. The number of nitrogens with one attached hydrogen (secondary N) is 1. The number of amides is 1. The van der Waals surface area contributed by atoms with Gasteiger partial charge >= 0.3 is 0 Å². The van der Waals surface area contributed by atoms with Crippen LogP contribution in [0.4, 0.5) is 5.82 Å². The van der Waals surface area contributed by atoms with Crippen molar-refractivity contribution < 1.29 is 4.79 Å². The molecule has 0 fully saturated rings. The third-order valence-electron chi connectivity index (χ3n) is 3.30. The summed E-state index contributed by atoms with van der Waals surface area (Å²) >= 11 is 0. The van der Waals surface area contributed by atoms with E-state index in [-0.39, 0.29) is 5.91 Å². The maximum absolute atomic E-state index is 12.4. The minimum atomic E-state index is -0.139. The number of fused-ring (bicyclic) bond motifs is 1. The van der Waals surface area contributed by atoms with Crippen LogP contribution in [0.1, 0.15) is 16.1 Å². The van der Waals surface area contributed by atoms with Crippen LogP contribution in [-0.2, 0) is 7.05 Å². The molecule has 4 nitrogen and oxygen atoms in total. The van der Waals surface area contributed by atoms with E-state index < -0.39 is 0 Å². The van der Waals surface area contributed by atoms with Crippen LogP contribution in [0.5, 0.6) is 0 Å². The van der Waals surface area contributed by atoms with Crippen molar-refractivity contribution >= 4 is 22.6 Å².